The van der Waals surface area contributed by atoms with Crippen LogP contribution in [0.5, 0.6) is 0 Å². The molecule has 1 aromatic carbocycles. The van der Waals surface area contributed by atoms with Gasteiger partial charge in [0, 0.05) is 29.3 Å². The van der Waals surface area contributed by atoms with E-state index in [1.165, 1.54) is 10.9 Å². The molecular formula is C13H13BrN2. The number of terminal acetylenes is 1. The van der Waals surface area contributed by atoms with Crippen LogP contribution in [0.4, 0.5) is 0 Å². The van der Waals surface area contributed by atoms with Gasteiger partial charge in [-0.1, -0.05) is 27.9 Å². The molecular weight excluding hydrogens is 264 g/mol. The van der Waals surface area contributed by atoms with Gasteiger partial charge in [-0.25, -0.2) is 0 Å². The van der Waals surface area contributed by atoms with Crippen molar-refractivity contribution in [2.45, 2.75) is 6.54 Å². The standard InChI is InChI=1S/C13H13BrN2/c1-2-6-15-7-9-16-8-5-11-3-4-12(14)10-13(11)16/h1,3-5,8,10,15H,6-7,9H2. The Kier molecular flexibility index (Phi) is 3.66. The normalized spacial score (nSPS) is 10.5. The van der Waals surface area contributed by atoms with Gasteiger partial charge in [0.25, 0.3) is 0 Å². The van der Waals surface area contributed by atoms with E-state index in [9.17, 15) is 0 Å². The van der Waals surface area contributed by atoms with Crippen LogP contribution in [-0.2, 0) is 6.54 Å². The van der Waals surface area contributed by atoms with Crippen LogP contribution in [0.25, 0.3) is 10.9 Å². The zero-order chi connectivity index (χ0) is 11.4. The summed E-state index contributed by atoms with van der Waals surface area (Å²) in [7, 11) is 0. The number of benzene rings is 1. The third kappa shape index (κ3) is 2.46. The van der Waals surface area contributed by atoms with Gasteiger partial charge in [0.05, 0.1) is 6.54 Å². The molecule has 2 aromatic rings. The van der Waals surface area contributed by atoms with Gasteiger partial charge >= 0.3 is 0 Å². The second-order valence-electron chi connectivity index (χ2n) is 3.59. The number of halogens is 1. The van der Waals surface area contributed by atoms with Crippen molar-refractivity contribution < 1.29 is 0 Å². The molecule has 0 fully saturated rings. The molecule has 0 aliphatic rings. The van der Waals surface area contributed by atoms with Gasteiger partial charge in [-0.05, 0) is 23.6 Å². The molecule has 0 saturated heterocycles. The van der Waals surface area contributed by atoms with Crippen molar-refractivity contribution >= 4 is 26.8 Å². The highest BCUT2D eigenvalue weighted by Gasteiger charge is 2.00. The molecule has 82 valence electrons. The summed E-state index contributed by atoms with van der Waals surface area (Å²) in [6, 6.07) is 8.44. The largest absolute Gasteiger partial charge is 0.346 e. The molecule has 0 aliphatic carbocycles. The smallest absolute Gasteiger partial charge is 0.0574 e. The van der Waals surface area contributed by atoms with Crippen LogP contribution in [0.1, 0.15) is 0 Å². The van der Waals surface area contributed by atoms with E-state index in [-0.39, 0.29) is 0 Å². The minimum Gasteiger partial charge on any atom is -0.346 e. The zero-order valence-electron chi connectivity index (χ0n) is 8.91. The van der Waals surface area contributed by atoms with Crippen molar-refractivity contribution in [1.29, 1.82) is 0 Å². The minimum absolute atomic E-state index is 0.628. The second kappa shape index (κ2) is 5.20. The summed E-state index contributed by atoms with van der Waals surface area (Å²) in [6.07, 6.45) is 7.28. The lowest BCUT2D eigenvalue weighted by molar-refractivity contribution is 0.644. The SMILES string of the molecule is C#CCNCCn1ccc2ccc(Br)cc21. The molecule has 16 heavy (non-hydrogen) atoms. The van der Waals surface area contributed by atoms with Crippen molar-refractivity contribution in [3.63, 3.8) is 0 Å². The molecule has 0 amide bonds. The highest BCUT2D eigenvalue weighted by atomic mass is 79.9. The molecule has 2 rings (SSSR count). The highest BCUT2D eigenvalue weighted by Crippen LogP contribution is 2.20. The van der Waals surface area contributed by atoms with E-state index in [1.807, 2.05) is 0 Å². The first-order chi connectivity index (χ1) is 7.81. The van der Waals surface area contributed by atoms with Crippen molar-refractivity contribution in [2.75, 3.05) is 13.1 Å². The molecule has 0 saturated carbocycles. The molecule has 0 aliphatic heterocycles. The van der Waals surface area contributed by atoms with Gasteiger partial charge in [-0.3, -0.25) is 0 Å². The number of aromatic nitrogens is 1. The van der Waals surface area contributed by atoms with Crippen LogP contribution >= 0.6 is 15.9 Å². The number of rotatable bonds is 4. The van der Waals surface area contributed by atoms with Crippen molar-refractivity contribution in [3.05, 3.63) is 34.9 Å². The average molecular weight is 277 g/mol. The Bertz CT molecular complexity index is 522. The second-order valence-corrected chi connectivity index (χ2v) is 4.51. The minimum atomic E-state index is 0.628. The number of hydrogen-bond acceptors (Lipinski definition) is 1. The lowest BCUT2D eigenvalue weighted by Gasteiger charge is -2.05. The summed E-state index contributed by atoms with van der Waals surface area (Å²) in [6.45, 7) is 2.45. The van der Waals surface area contributed by atoms with E-state index in [0.29, 0.717) is 6.54 Å². The first-order valence-corrected chi connectivity index (χ1v) is 5.99. The number of fused-ring (bicyclic) bond motifs is 1. The maximum Gasteiger partial charge on any atom is 0.0574 e. The van der Waals surface area contributed by atoms with Gasteiger partial charge in [-0.15, -0.1) is 6.42 Å². The Balaban J connectivity index is 2.12. The number of nitrogens with one attached hydrogen (secondary N) is 1. The molecule has 3 heteroatoms. The van der Waals surface area contributed by atoms with Crippen molar-refractivity contribution in [1.82, 2.24) is 9.88 Å². The fourth-order valence-corrected chi connectivity index (χ4v) is 2.06. The molecule has 0 atom stereocenters. The van der Waals surface area contributed by atoms with E-state index in [1.54, 1.807) is 0 Å². The van der Waals surface area contributed by atoms with Gasteiger partial charge in [0.15, 0.2) is 0 Å². The maximum atomic E-state index is 5.17. The third-order valence-corrected chi connectivity index (χ3v) is 2.99. The molecule has 2 nitrogen and oxygen atoms in total. The van der Waals surface area contributed by atoms with Crippen LogP contribution in [-0.4, -0.2) is 17.7 Å². The number of hydrogen-bond donors (Lipinski definition) is 1. The topological polar surface area (TPSA) is 17.0 Å². The zero-order valence-corrected chi connectivity index (χ0v) is 10.5. The van der Waals surface area contributed by atoms with Gasteiger partial charge in [0.1, 0.15) is 0 Å². The van der Waals surface area contributed by atoms with Gasteiger partial charge in [0.2, 0.25) is 0 Å². The van der Waals surface area contributed by atoms with Gasteiger partial charge < -0.3 is 9.88 Å². The van der Waals surface area contributed by atoms with Crippen LogP contribution < -0.4 is 5.32 Å². The van der Waals surface area contributed by atoms with Crippen LogP contribution in [0, 0.1) is 12.3 Å². The van der Waals surface area contributed by atoms with E-state index in [4.69, 9.17) is 6.42 Å². The summed E-state index contributed by atoms with van der Waals surface area (Å²) < 4.78 is 3.33. The molecule has 0 bridgehead atoms. The molecule has 1 N–H and O–H groups in total. The van der Waals surface area contributed by atoms with Crippen molar-refractivity contribution in [3.8, 4) is 12.3 Å². The van der Waals surface area contributed by atoms with Crippen LogP contribution in [0.3, 0.4) is 0 Å². The maximum absolute atomic E-state index is 5.17. The Morgan fingerprint density at radius 3 is 3.06 bits per heavy atom. The van der Waals surface area contributed by atoms with Gasteiger partial charge in [-0.2, -0.15) is 0 Å². The Morgan fingerprint density at radius 1 is 1.38 bits per heavy atom. The first kappa shape index (κ1) is 11.3. The Morgan fingerprint density at radius 2 is 2.25 bits per heavy atom. The average Bonchev–Trinajstić information content (AvgIpc) is 2.67. The predicted octanol–water partition coefficient (Wildman–Crippen LogP) is 2.63. The fraction of sp³-hybridized carbons (Fsp3) is 0.231. The Hall–Kier alpha value is -1.24. The monoisotopic (exact) mass is 276 g/mol. The van der Waals surface area contributed by atoms with E-state index >= 15 is 0 Å². The Labute approximate surface area is 104 Å². The summed E-state index contributed by atoms with van der Waals surface area (Å²) in [5, 5.41) is 4.45. The quantitative estimate of drug-likeness (QED) is 0.671. The predicted molar refractivity (Wildman–Crippen MR) is 71.3 cm³/mol. The number of nitrogens with zero attached hydrogens (tertiary/aromatic N) is 1. The summed E-state index contributed by atoms with van der Waals surface area (Å²) >= 11 is 3.49. The molecule has 1 aromatic heterocycles. The van der Waals surface area contributed by atoms with Crippen LogP contribution in [0.2, 0.25) is 0 Å². The van der Waals surface area contributed by atoms with E-state index < -0.39 is 0 Å². The molecule has 1 heterocycles. The lowest BCUT2D eigenvalue weighted by atomic mass is 10.2. The molecule has 0 unspecified atom stereocenters. The molecule has 0 radical (unpaired) electrons. The van der Waals surface area contributed by atoms with Crippen molar-refractivity contribution in [2.24, 2.45) is 0 Å². The summed E-state index contributed by atoms with van der Waals surface area (Å²) in [5.41, 5.74) is 1.25. The van der Waals surface area contributed by atoms with Crippen LogP contribution in [0.15, 0.2) is 34.9 Å². The third-order valence-electron chi connectivity index (χ3n) is 2.49. The van der Waals surface area contributed by atoms with E-state index in [2.05, 4.69) is 62.2 Å². The fourth-order valence-electron chi connectivity index (χ4n) is 1.71. The highest BCUT2D eigenvalue weighted by molar-refractivity contribution is 9.10. The molecule has 0 spiro atoms. The summed E-state index contributed by atoms with van der Waals surface area (Å²) in [4.78, 5) is 0. The van der Waals surface area contributed by atoms with E-state index in [0.717, 1.165) is 17.6 Å². The summed E-state index contributed by atoms with van der Waals surface area (Å²) in [5.74, 6) is 2.57. The lowest BCUT2D eigenvalue weighted by Crippen LogP contribution is -2.19. The first-order valence-electron chi connectivity index (χ1n) is 5.20.